The van der Waals surface area contributed by atoms with Crippen molar-refractivity contribution in [1.29, 1.82) is 0 Å². The van der Waals surface area contributed by atoms with Crippen LogP contribution in [0.25, 0.3) is 22.6 Å². The average Bonchev–Trinajstić information content (AvgIpc) is 3.44. The maximum Gasteiger partial charge on any atom is 0.274 e. The molecule has 9 nitrogen and oxygen atoms in total. The zero-order chi connectivity index (χ0) is 20.8. The van der Waals surface area contributed by atoms with E-state index < -0.39 is 0 Å². The fourth-order valence-corrected chi connectivity index (χ4v) is 3.53. The van der Waals surface area contributed by atoms with Gasteiger partial charge in [0.05, 0.1) is 24.1 Å². The van der Waals surface area contributed by atoms with Gasteiger partial charge < -0.3 is 9.30 Å². The van der Waals surface area contributed by atoms with Crippen LogP contribution in [0.2, 0.25) is 0 Å². The van der Waals surface area contributed by atoms with E-state index in [-0.39, 0.29) is 5.91 Å². The lowest BCUT2D eigenvalue weighted by molar-refractivity contribution is 0.0777. The molecule has 0 aliphatic carbocycles. The van der Waals surface area contributed by atoms with Crippen molar-refractivity contribution in [2.75, 3.05) is 7.05 Å². The zero-order valence-corrected chi connectivity index (χ0v) is 16.9. The molecular formula is C21H20N8O. The van der Waals surface area contributed by atoms with Gasteiger partial charge in [0.2, 0.25) is 0 Å². The fraction of sp³-hybridized carbons (Fsp3) is 0.190. The van der Waals surface area contributed by atoms with Gasteiger partial charge in [0.1, 0.15) is 5.65 Å². The lowest BCUT2D eigenvalue weighted by Gasteiger charge is -2.13. The van der Waals surface area contributed by atoms with Crippen molar-refractivity contribution in [3.05, 3.63) is 72.2 Å². The number of hydrogen-bond acceptors (Lipinski definition) is 5. The largest absolute Gasteiger partial charge is 0.334 e. The predicted octanol–water partition coefficient (Wildman–Crippen LogP) is 2.36. The molecule has 0 aliphatic heterocycles. The Kier molecular flexibility index (Phi) is 4.09. The molecule has 30 heavy (non-hydrogen) atoms. The van der Waals surface area contributed by atoms with E-state index in [1.807, 2.05) is 55.0 Å². The Labute approximate surface area is 172 Å². The monoisotopic (exact) mass is 400 g/mol. The molecule has 0 aliphatic rings. The van der Waals surface area contributed by atoms with Crippen molar-refractivity contribution in [2.45, 2.75) is 13.5 Å². The van der Waals surface area contributed by atoms with Crippen LogP contribution in [0.1, 0.15) is 21.9 Å². The second kappa shape index (κ2) is 6.80. The number of pyridine rings is 1. The smallest absolute Gasteiger partial charge is 0.274 e. The third-order valence-electron chi connectivity index (χ3n) is 5.25. The van der Waals surface area contributed by atoms with Crippen LogP contribution < -0.4 is 0 Å². The van der Waals surface area contributed by atoms with Crippen molar-refractivity contribution in [2.24, 2.45) is 7.05 Å². The van der Waals surface area contributed by atoms with E-state index in [0.29, 0.717) is 17.9 Å². The van der Waals surface area contributed by atoms with Gasteiger partial charge in [0.15, 0.2) is 11.3 Å². The van der Waals surface area contributed by atoms with Crippen LogP contribution in [0.15, 0.2) is 55.1 Å². The molecular weight excluding hydrogens is 380 g/mol. The highest BCUT2D eigenvalue weighted by molar-refractivity contribution is 5.93. The van der Waals surface area contributed by atoms with Gasteiger partial charge in [-0.05, 0) is 25.1 Å². The van der Waals surface area contributed by atoms with Crippen LogP contribution in [0.5, 0.6) is 0 Å². The average molecular weight is 400 g/mol. The molecule has 0 bridgehead atoms. The van der Waals surface area contributed by atoms with Crippen LogP contribution in [0, 0.1) is 6.92 Å². The summed E-state index contributed by atoms with van der Waals surface area (Å²) in [5.74, 6) is -0.189. The molecule has 0 radical (unpaired) electrons. The predicted molar refractivity (Wildman–Crippen MR) is 111 cm³/mol. The molecule has 0 saturated heterocycles. The second-order valence-corrected chi connectivity index (χ2v) is 7.26. The molecule has 5 rings (SSSR count). The van der Waals surface area contributed by atoms with E-state index in [1.54, 1.807) is 39.6 Å². The van der Waals surface area contributed by atoms with E-state index in [2.05, 4.69) is 20.2 Å². The number of amides is 1. The van der Waals surface area contributed by atoms with Gasteiger partial charge in [0, 0.05) is 50.0 Å². The molecule has 1 amide bonds. The van der Waals surface area contributed by atoms with Gasteiger partial charge in [-0.25, -0.2) is 14.5 Å². The summed E-state index contributed by atoms with van der Waals surface area (Å²) in [5.41, 5.74) is 5.41. The maximum atomic E-state index is 13.0. The summed E-state index contributed by atoms with van der Waals surface area (Å²) in [4.78, 5) is 23.6. The Morgan fingerprint density at radius 2 is 2.07 bits per heavy atom. The Hall–Kier alpha value is -4.01. The summed E-state index contributed by atoms with van der Waals surface area (Å²) in [5, 5.41) is 8.85. The highest BCUT2D eigenvalue weighted by atomic mass is 16.2. The fourth-order valence-electron chi connectivity index (χ4n) is 3.53. The molecule has 0 unspecified atom stereocenters. The van der Waals surface area contributed by atoms with Gasteiger partial charge in [-0.3, -0.25) is 9.48 Å². The normalized spacial score (nSPS) is 11.4. The van der Waals surface area contributed by atoms with Gasteiger partial charge in [-0.1, -0.05) is 6.07 Å². The van der Waals surface area contributed by atoms with E-state index in [0.717, 1.165) is 28.3 Å². The number of rotatable bonds is 4. The molecule has 9 heteroatoms. The Balaban J connectivity index is 1.46. The lowest BCUT2D eigenvalue weighted by Crippen LogP contribution is -2.26. The summed E-state index contributed by atoms with van der Waals surface area (Å²) in [6.45, 7) is 2.38. The minimum absolute atomic E-state index is 0.189. The molecule has 5 aromatic rings. The first kappa shape index (κ1) is 18.0. The third-order valence-corrected chi connectivity index (χ3v) is 5.25. The third kappa shape index (κ3) is 2.91. The second-order valence-electron chi connectivity index (χ2n) is 7.26. The lowest BCUT2D eigenvalue weighted by atomic mass is 10.2. The minimum atomic E-state index is -0.189. The van der Waals surface area contributed by atoms with E-state index in [9.17, 15) is 4.79 Å². The van der Waals surface area contributed by atoms with Gasteiger partial charge in [0.25, 0.3) is 5.91 Å². The number of carbonyl (C=O) groups excluding carboxylic acids is 1. The van der Waals surface area contributed by atoms with Crippen molar-refractivity contribution in [3.63, 3.8) is 0 Å². The molecule has 0 atom stereocenters. The number of nitrogens with zero attached hydrogens (tertiary/aromatic N) is 8. The standard InChI is InChI=1S/C21H20N8O/c1-14-16(11-23-27(14)3)18-7-8-22-20-10-17(25-29(18)20)21(30)26(2)12-15-13-28-9-5-4-6-19(28)24-15/h4-11,13H,12H2,1-3H3. The van der Waals surface area contributed by atoms with Gasteiger partial charge >= 0.3 is 0 Å². The quantitative estimate of drug-likeness (QED) is 0.462. The van der Waals surface area contributed by atoms with Gasteiger partial charge in [-0.15, -0.1) is 0 Å². The molecule has 0 fully saturated rings. The Bertz CT molecular complexity index is 1360. The first-order valence-electron chi connectivity index (χ1n) is 9.53. The van der Waals surface area contributed by atoms with Crippen LogP contribution in [0.3, 0.4) is 0 Å². The SMILES string of the molecule is Cc1c(-c2ccnc3cc(C(=O)N(C)Cc4cn5ccccc5n4)nn23)cnn1C. The summed E-state index contributed by atoms with van der Waals surface area (Å²) in [7, 11) is 3.64. The van der Waals surface area contributed by atoms with Gasteiger partial charge in [-0.2, -0.15) is 10.2 Å². The molecule has 0 saturated carbocycles. The number of fused-ring (bicyclic) bond motifs is 2. The van der Waals surface area contributed by atoms with Crippen LogP contribution in [0.4, 0.5) is 0 Å². The van der Waals surface area contributed by atoms with Crippen LogP contribution in [-0.4, -0.2) is 51.6 Å². The summed E-state index contributed by atoms with van der Waals surface area (Å²) in [6.07, 6.45) is 7.37. The Morgan fingerprint density at radius 3 is 2.83 bits per heavy atom. The van der Waals surface area contributed by atoms with Crippen molar-refractivity contribution < 1.29 is 4.79 Å². The topological polar surface area (TPSA) is 85.6 Å². The highest BCUT2D eigenvalue weighted by Crippen LogP contribution is 2.23. The summed E-state index contributed by atoms with van der Waals surface area (Å²) >= 11 is 0. The summed E-state index contributed by atoms with van der Waals surface area (Å²) < 4.78 is 5.43. The first-order valence-corrected chi connectivity index (χ1v) is 9.53. The van der Waals surface area contributed by atoms with Crippen molar-refractivity contribution in [1.82, 2.24) is 38.7 Å². The molecule has 0 N–H and O–H groups in total. The molecule has 0 spiro atoms. The van der Waals surface area contributed by atoms with E-state index in [1.165, 1.54) is 0 Å². The molecule has 5 aromatic heterocycles. The van der Waals surface area contributed by atoms with Crippen LogP contribution >= 0.6 is 0 Å². The van der Waals surface area contributed by atoms with Crippen molar-refractivity contribution >= 4 is 17.2 Å². The zero-order valence-electron chi connectivity index (χ0n) is 16.9. The first-order chi connectivity index (χ1) is 14.5. The Morgan fingerprint density at radius 1 is 1.20 bits per heavy atom. The van der Waals surface area contributed by atoms with Crippen molar-refractivity contribution in [3.8, 4) is 11.3 Å². The highest BCUT2D eigenvalue weighted by Gasteiger charge is 2.19. The van der Waals surface area contributed by atoms with E-state index >= 15 is 0 Å². The number of aromatic nitrogens is 7. The van der Waals surface area contributed by atoms with E-state index in [4.69, 9.17) is 0 Å². The maximum absolute atomic E-state index is 13.0. The number of imidazole rings is 1. The number of carbonyl (C=O) groups is 1. The molecule has 5 heterocycles. The van der Waals surface area contributed by atoms with Crippen LogP contribution in [-0.2, 0) is 13.6 Å². The molecule has 150 valence electrons. The number of aryl methyl sites for hydroxylation is 1. The number of hydrogen-bond donors (Lipinski definition) is 0. The summed E-state index contributed by atoms with van der Waals surface area (Å²) in [6, 6.07) is 9.39. The molecule has 0 aromatic carbocycles. The minimum Gasteiger partial charge on any atom is -0.334 e.